The summed E-state index contributed by atoms with van der Waals surface area (Å²) in [4.78, 5) is 12.0. The van der Waals surface area contributed by atoms with Crippen molar-refractivity contribution in [3.05, 3.63) is 33.4 Å². The van der Waals surface area contributed by atoms with E-state index in [-0.39, 0.29) is 27.2 Å². The molecule has 0 radical (unpaired) electrons. The van der Waals surface area contributed by atoms with Crippen LogP contribution in [0.25, 0.3) is 5.69 Å². The maximum atomic E-state index is 12.4. The quantitative estimate of drug-likeness (QED) is 0.750. The van der Waals surface area contributed by atoms with Gasteiger partial charge in [0.05, 0.1) is 15.5 Å². The number of aromatic nitrogens is 2. The first kappa shape index (κ1) is 20.1. The minimum atomic E-state index is -4.92. The van der Waals surface area contributed by atoms with Gasteiger partial charge in [0.15, 0.2) is 5.69 Å². The van der Waals surface area contributed by atoms with Crippen LogP contribution in [0.1, 0.15) is 24.1 Å². The SMILES string of the molecule is CNc1c(C2(C(N)=O)CC2)c(C#N)nn1-c1c(Cl)cc(OC(F)(F)F)cc1Cl. The summed E-state index contributed by atoms with van der Waals surface area (Å²) in [5.41, 5.74) is 4.72. The lowest BCUT2D eigenvalue weighted by atomic mass is 9.94. The number of carbonyl (C=O) groups excluding carboxylic acids is 1. The molecule has 0 aliphatic heterocycles. The largest absolute Gasteiger partial charge is 0.573 e. The Balaban J connectivity index is 2.19. The number of rotatable bonds is 5. The molecule has 1 aliphatic carbocycles. The van der Waals surface area contributed by atoms with Crippen LogP contribution in [0.15, 0.2) is 12.1 Å². The summed E-state index contributed by atoms with van der Waals surface area (Å²) in [7, 11) is 1.53. The van der Waals surface area contributed by atoms with E-state index in [0.29, 0.717) is 18.4 Å². The second-order valence-corrected chi connectivity index (χ2v) is 6.89. The third-order valence-electron chi connectivity index (χ3n) is 4.36. The fraction of sp³-hybridized carbons (Fsp3) is 0.312. The fourth-order valence-electron chi connectivity index (χ4n) is 3.02. The first-order chi connectivity index (χ1) is 13.0. The zero-order valence-electron chi connectivity index (χ0n) is 14.2. The molecule has 1 aliphatic rings. The van der Waals surface area contributed by atoms with E-state index >= 15 is 0 Å². The number of primary amides is 1. The third-order valence-corrected chi connectivity index (χ3v) is 4.94. The highest BCUT2D eigenvalue weighted by atomic mass is 35.5. The van der Waals surface area contributed by atoms with E-state index in [9.17, 15) is 23.2 Å². The molecule has 1 amide bonds. The average molecular weight is 434 g/mol. The van der Waals surface area contributed by atoms with E-state index in [1.165, 1.54) is 11.7 Å². The highest BCUT2D eigenvalue weighted by Gasteiger charge is 2.54. The maximum Gasteiger partial charge on any atom is 0.573 e. The lowest BCUT2D eigenvalue weighted by Crippen LogP contribution is -2.29. The van der Waals surface area contributed by atoms with E-state index in [2.05, 4.69) is 15.2 Å². The van der Waals surface area contributed by atoms with Crippen LogP contribution in [-0.4, -0.2) is 29.1 Å². The van der Waals surface area contributed by atoms with Gasteiger partial charge in [0.2, 0.25) is 5.91 Å². The molecule has 3 rings (SSSR count). The Morgan fingerprint density at radius 3 is 2.36 bits per heavy atom. The second-order valence-electron chi connectivity index (χ2n) is 6.08. The van der Waals surface area contributed by atoms with Gasteiger partial charge < -0.3 is 15.8 Å². The molecule has 28 heavy (non-hydrogen) atoms. The van der Waals surface area contributed by atoms with E-state index in [4.69, 9.17) is 28.9 Å². The fourth-order valence-corrected chi connectivity index (χ4v) is 3.65. The number of anilines is 1. The summed E-state index contributed by atoms with van der Waals surface area (Å²) in [6.45, 7) is 0. The molecule has 0 saturated heterocycles. The number of ether oxygens (including phenoxy) is 1. The van der Waals surface area contributed by atoms with Crippen LogP contribution in [-0.2, 0) is 10.2 Å². The molecule has 2 aromatic rings. The van der Waals surface area contributed by atoms with Gasteiger partial charge in [-0.25, -0.2) is 4.68 Å². The Morgan fingerprint density at radius 1 is 1.39 bits per heavy atom. The molecule has 148 valence electrons. The van der Waals surface area contributed by atoms with E-state index < -0.39 is 23.4 Å². The molecule has 0 spiro atoms. The van der Waals surface area contributed by atoms with Gasteiger partial charge in [-0.1, -0.05) is 23.2 Å². The molecule has 7 nitrogen and oxygen atoms in total. The molecule has 0 bridgehead atoms. The van der Waals surface area contributed by atoms with Gasteiger partial charge >= 0.3 is 6.36 Å². The number of benzene rings is 1. The molecule has 12 heteroatoms. The van der Waals surface area contributed by atoms with Crippen LogP contribution in [0.2, 0.25) is 10.0 Å². The zero-order chi connectivity index (χ0) is 20.9. The number of nitrogens with two attached hydrogens (primary N) is 1. The molecule has 0 atom stereocenters. The number of halogens is 5. The molecule has 1 saturated carbocycles. The zero-order valence-corrected chi connectivity index (χ0v) is 15.7. The van der Waals surface area contributed by atoms with Gasteiger partial charge in [0.25, 0.3) is 0 Å². The van der Waals surface area contributed by atoms with Crippen LogP contribution in [0.3, 0.4) is 0 Å². The Bertz CT molecular complexity index is 986. The van der Waals surface area contributed by atoms with E-state index in [0.717, 1.165) is 12.1 Å². The number of alkyl halides is 3. The molecule has 1 aromatic heterocycles. The number of hydrogen-bond donors (Lipinski definition) is 2. The highest BCUT2D eigenvalue weighted by molar-refractivity contribution is 6.38. The van der Waals surface area contributed by atoms with Crippen LogP contribution >= 0.6 is 23.2 Å². The molecular formula is C16H12Cl2F3N5O2. The van der Waals surface area contributed by atoms with Crippen molar-refractivity contribution in [1.29, 1.82) is 5.26 Å². The molecule has 1 heterocycles. The van der Waals surface area contributed by atoms with Crippen LogP contribution in [0, 0.1) is 11.3 Å². The number of nitrogens with zero attached hydrogens (tertiary/aromatic N) is 3. The standard InChI is InChI=1S/C16H12Cl2F3N5O2/c1-24-13-11(15(2-3-15)14(23)27)10(6-22)25-26(13)12-8(17)4-7(5-9(12)18)28-16(19,20)21/h4-5,24H,2-3H2,1H3,(H2,23,27). The highest BCUT2D eigenvalue weighted by Crippen LogP contribution is 2.52. The van der Waals surface area contributed by atoms with Crippen LogP contribution in [0.5, 0.6) is 5.75 Å². The monoisotopic (exact) mass is 433 g/mol. The normalized spacial score (nSPS) is 15.0. The third kappa shape index (κ3) is 3.31. The summed E-state index contributed by atoms with van der Waals surface area (Å²) in [5.74, 6) is -0.978. The minimum Gasteiger partial charge on any atom is -0.406 e. The van der Waals surface area contributed by atoms with Crippen LogP contribution in [0.4, 0.5) is 19.0 Å². The smallest absolute Gasteiger partial charge is 0.406 e. The van der Waals surface area contributed by atoms with Crippen molar-refractivity contribution < 1.29 is 22.7 Å². The second kappa shape index (κ2) is 6.76. The number of nitrogens with one attached hydrogen (secondary N) is 1. The molecule has 3 N–H and O–H groups in total. The summed E-state index contributed by atoms with van der Waals surface area (Å²) in [5, 5.41) is 16.0. The number of carbonyl (C=O) groups is 1. The number of amides is 1. The summed E-state index contributed by atoms with van der Waals surface area (Å²) < 4.78 is 42.3. The molecule has 1 aromatic carbocycles. The minimum absolute atomic E-state index is 0.0187. The Hall–Kier alpha value is -2.64. The first-order valence-electron chi connectivity index (χ1n) is 7.80. The predicted octanol–water partition coefficient (Wildman–Crippen LogP) is 3.51. The van der Waals surface area contributed by atoms with Crippen molar-refractivity contribution in [2.45, 2.75) is 24.6 Å². The summed E-state index contributed by atoms with van der Waals surface area (Å²) in [6.07, 6.45) is -4.04. The van der Waals surface area contributed by atoms with E-state index in [1.54, 1.807) is 0 Å². The maximum absolute atomic E-state index is 12.4. The summed E-state index contributed by atoms with van der Waals surface area (Å²) >= 11 is 12.3. The molecular weight excluding hydrogens is 422 g/mol. The van der Waals surface area contributed by atoms with Gasteiger partial charge in [0, 0.05) is 24.7 Å². The number of nitriles is 1. The lowest BCUT2D eigenvalue weighted by molar-refractivity contribution is -0.274. The summed E-state index contributed by atoms with van der Waals surface area (Å²) in [6, 6.07) is 3.74. The van der Waals surface area contributed by atoms with Crippen molar-refractivity contribution in [3.63, 3.8) is 0 Å². The van der Waals surface area contributed by atoms with Gasteiger partial charge in [-0.15, -0.1) is 13.2 Å². The van der Waals surface area contributed by atoms with Crippen molar-refractivity contribution in [2.24, 2.45) is 5.73 Å². The topological polar surface area (TPSA) is 106 Å². The van der Waals surface area contributed by atoms with Gasteiger partial charge in [-0.3, -0.25) is 4.79 Å². The van der Waals surface area contributed by atoms with Crippen molar-refractivity contribution in [3.8, 4) is 17.5 Å². The van der Waals surface area contributed by atoms with Crippen molar-refractivity contribution in [2.75, 3.05) is 12.4 Å². The Morgan fingerprint density at radius 2 is 1.96 bits per heavy atom. The van der Waals surface area contributed by atoms with E-state index in [1.807, 2.05) is 6.07 Å². The van der Waals surface area contributed by atoms with Gasteiger partial charge in [-0.05, 0) is 12.8 Å². The predicted molar refractivity (Wildman–Crippen MR) is 94.6 cm³/mol. The first-order valence-corrected chi connectivity index (χ1v) is 8.56. The molecule has 0 unspecified atom stereocenters. The van der Waals surface area contributed by atoms with Crippen molar-refractivity contribution in [1.82, 2.24) is 9.78 Å². The van der Waals surface area contributed by atoms with Gasteiger partial charge in [-0.2, -0.15) is 10.4 Å². The van der Waals surface area contributed by atoms with Crippen molar-refractivity contribution >= 4 is 34.9 Å². The number of hydrogen-bond acceptors (Lipinski definition) is 5. The molecule has 1 fully saturated rings. The lowest BCUT2D eigenvalue weighted by Gasteiger charge is -2.16. The average Bonchev–Trinajstić information content (AvgIpc) is 3.29. The Labute approximate surface area is 166 Å². The van der Waals surface area contributed by atoms with Crippen LogP contribution < -0.4 is 15.8 Å². The Kier molecular flexibility index (Phi) is 4.85. The van der Waals surface area contributed by atoms with Gasteiger partial charge in [0.1, 0.15) is 23.3 Å².